The molecule has 1 fully saturated rings. The molecule has 0 radical (unpaired) electrons. The molecule has 11 nitrogen and oxygen atoms in total. The van der Waals surface area contributed by atoms with E-state index in [9.17, 15) is 24.3 Å². The molecule has 0 spiro atoms. The van der Waals surface area contributed by atoms with E-state index < -0.39 is 41.2 Å². The molecule has 1 aliphatic rings. The van der Waals surface area contributed by atoms with Gasteiger partial charge in [0, 0.05) is 32.5 Å². The lowest BCUT2D eigenvalue weighted by Crippen LogP contribution is -2.57. The highest BCUT2D eigenvalue weighted by molar-refractivity contribution is 7.13. The summed E-state index contributed by atoms with van der Waals surface area (Å²) in [6.07, 6.45) is 1.03. The van der Waals surface area contributed by atoms with Crippen molar-refractivity contribution in [2.24, 2.45) is 5.41 Å². The van der Waals surface area contributed by atoms with Crippen LogP contribution in [0.3, 0.4) is 0 Å². The van der Waals surface area contributed by atoms with E-state index in [2.05, 4.69) is 20.9 Å². The van der Waals surface area contributed by atoms with Crippen LogP contribution in [-0.4, -0.2) is 75.7 Å². The number of β-amino-alcohol motifs (C(OH)–C–C–N with tert-alkyl or cyclic N) is 1. The van der Waals surface area contributed by atoms with E-state index >= 15 is 0 Å². The minimum absolute atomic E-state index is 0.0208. The van der Waals surface area contributed by atoms with Gasteiger partial charge in [-0.2, -0.15) is 0 Å². The molecule has 3 rings (SSSR count). The van der Waals surface area contributed by atoms with Crippen LogP contribution in [0, 0.1) is 12.3 Å². The summed E-state index contributed by atoms with van der Waals surface area (Å²) >= 11 is 1.58. The molecule has 2 heterocycles. The highest BCUT2D eigenvalue weighted by Gasteiger charge is 2.44. The van der Waals surface area contributed by atoms with Gasteiger partial charge in [-0.05, 0) is 57.1 Å². The number of aromatic nitrogens is 1. The van der Waals surface area contributed by atoms with Crippen molar-refractivity contribution in [2.75, 3.05) is 13.1 Å². The van der Waals surface area contributed by atoms with E-state index in [1.807, 2.05) is 57.5 Å². The highest BCUT2D eigenvalue weighted by atomic mass is 32.1. The third kappa shape index (κ3) is 11.1. The Morgan fingerprint density at radius 1 is 1.04 bits per heavy atom. The third-order valence-corrected chi connectivity index (χ3v) is 8.44. The van der Waals surface area contributed by atoms with E-state index in [0.717, 1.165) is 21.7 Å². The van der Waals surface area contributed by atoms with Gasteiger partial charge >= 0.3 is 6.09 Å². The monoisotopic (exact) mass is 643 g/mol. The maximum Gasteiger partial charge on any atom is 0.407 e. The fourth-order valence-electron chi connectivity index (χ4n) is 5.11. The Balaban J connectivity index is 1.51. The van der Waals surface area contributed by atoms with E-state index in [1.165, 1.54) is 4.90 Å². The van der Waals surface area contributed by atoms with Crippen molar-refractivity contribution >= 4 is 35.2 Å². The Labute approximate surface area is 270 Å². The number of unbranched alkanes of at least 4 members (excludes halogenated alkanes) is 2. The van der Waals surface area contributed by atoms with Gasteiger partial charge in [-0.3, -0.25) is 14.4 Å². The number of carbonyl (C=O) groups excluding carboxylic acids is 4. The number of thiazole rings is 1. The smallest absolute Gasteiger partial charge is 0.407 e. The van der Waals surface area contributed by atoms with Gasteiger partial charge < -0.3 is 30.7 Å². The molecule has 4 N–H and O–H groups in total. The number of hydrogen-bond acceptors (Lipinski definition) is 8. The standard InChI is InChI=1S/C33H49N5O6S/c1-21-27(45-20-36-21)23-14-12-22(13-15-23)18-35-29(41)25-17-24(39)19-38(25)30(42)28(32(2,3)4)37-26(40)11-9-8-10-16-34-31(43)44-33(5,6)7/h12-15,20,24-25,28,39H,8-11,16-19H2,1-7H3,(H,34,43)(H,35,41)(H,37,40). The minimum Gasteiger partial charge on any atom is -0.444 e. The van der Waals surface area contributed by atoms with Crippen molar-refractivity contribution in [1.29, 1.82) is 0 Å². The summed E-state index contributed by atoms with van der Waals surface area (Å²) in [5, 5.41) is 18.9. The number of aryl methyl sites for hydroxylation is 1. The van der Waals surface area contributed by atoms with Gasteiger partial charge in [-0.15, -0.1) is 11.3 Å². The zero-order chi connectivity index (χ0) is 33.4. The molecular formula is C33H49N5O6S. The first kappa shape index (κ1) is 36.0. The first-order valence-corrected chi connectivity index (χ1v) is 16.4. The molecule has 1 saturated heterocycles. The Hall–Kier alpha value is -3.51. The quantitative estimate of drug-likeness (QED) is 0.252. The number of carbonyl (C=O) groups is 4. The topological polar surface area (TPSA) is 150 Å². The van der Waals surface area contributed by atoms with Crippen LogP contribution < -0.4 is 16.0 Å². The van der Waals surface area contributed by atoms with E-state index in [1.54, 1.807) is 32.1 Å². The fraction of sp³-hybridized carbons (Fsp3) is 0.606. The third-order valence-electron chi connectivity index (χ3n) is 7.46. The number of ether oxygens (including phenoxy) is 1. The lowest BCUT2D eigenvalue weighted by Gasteiger charge is -2.35. The minimum atomic E-state index is -0.873. The first-order chi connectivity index (χ1) is 21.0. The van der Waals surface area contributed by atoms with Gasteiger partial charge in [0.1, 0.15) is 17.7 Å². The molecule has 1 aliphatic heterocycles. The molecule has 1 aromatic heterocycles. The second-order valence-electron chi connectivity index (χ2n) is 13.7. The number of nitrogens with one attached hydrogen (secondary N) is 3. The van der Waals surface area contributed by atoms with Crippen molar-refractivity contribution in [1.82, 2.24) is 25.8 Å². The molecular weight excluding hydrogens is 594 g/mol. The molecule has 0 bridgehead atoms. The summed E-state index contributed by atoms with van der Waals surface area (Å²) in [6.45, 7) is 13.7. The largest absolute Gasteiger partial charge is 0.444 e. The van der Waals surface area contributed by atoms with Crippen LogP contribution in [0.15, 0.2) is 29.8 Å². The fourth-order valence-corrected chi connectivity index (χ4v) is 5.92. The van der Waals surface area contributed by atoms with Crippen LogP contribution in [0.4, 0.5) is 4.79 Å². The van der Waals surface area contributed by atoms with Crippen molar-refractivity contribution in [3.8, 4) is 10.4 Å². The lowest BCUT2D eigenvalue weighted by molar-refractivity contribution is -0.144. The number of nitrogens with zero attached hydrogens (tertiary/aromatic N) is 2. The molecule has 45 heavy (non-hydrogen) atoms. The van der Waals surface area contributed by atoms with E-state index in [0.29, 0.717) is 25.8 Å². The van der Waals surface area contributed by atoms with Gasteiger partial charge in [0.15, 0.2) is 0 Å². The molecule has 3 unspecified atom stereocenters. The molecule has 12 heteroatoms. The molecule has 4 amide bonds. The average Bonchev–Trinajstić information content (AvgIpc) is 3.56. The van der Waals surface area contributed by atoms with Crippen LogP contribution in [-0.2, 0) is 25.7 Å². The van der Waals surface area contributed by atoms with Gasteiger partial charge in [0.25, 0.3) is 0 Å². The molecule has 248 valence electrons. The number of alkyl carbamates (subject to hydrolysis) is 1. The van der Waals surface area contributed by atoms with E-state index in [-0.39, 0.29) is 37.7 Å². The zero-order valence-corrected chi connectivity index (χ0v) is 28.4. The molecule has 3 atom stereocenters. The maximum absolute atomic E-state index is 13.8. The molecule has 0 aliphatic carbocycles. The van der Waals surface area contributed by atoms with Gasteiger partial charge in [-0.1, -0.05) is 51.5 Å². The summed E-state index contributed by atoms with van der Waals surface area (Å²) in [6, 6.07) is 6.17. The van der Waals surface area contributed by atoms with E-state index in [4.69, 9.17) is 4.74 Å². The van der Waals surface area contributed by atoms with Crippen LogP contribution in [0.25, 0.3) is 10.4 Å². The first-order valence-electron chi connectivity index (χ1n) is 15.6. The van der Waals surface area contributed by atoms with Crippen molar-refractivity contribution in [3.05, 3.63) is 41.0 Å². The van der Waals surface area contributed by atoms with Crippen LogP contribution in [0.1, 0.15) is 84.9 Å². The van der Waals surface area contributed by atoms with Gasteiger partial charge in [0.05, 0.1) is 22.2 Å². The number of rotatable bonds is 12. The zero-order valence-electron chi connectivity index (χ0n) is 27.6. The predicted molar refractivity (Wildman–Crippen MR) is 174 cm³/mol. The van der Waals surface area contributed by atoms with Gasteiger partial charge in [0.2, 0.25) is 17.7 Å². The lowest BCUT2D eigenvalue weighted by atomic mass is 9.85. The van der Waals surface area contributed by atoms with Crippen LogP contribution in [0.2, 0.25) is 0 Å². The Morgan fingerprint density at radius 2 is 1.73 bits per heavy atom. The van der Waals surface area contributed by atoms with Crippen molar-refractivity contribution in [2.45, 2.75) is 111 Å². The Kier molecular flexibility index (Phi) is 12.5. The summed E-state index contributed by atoms with van der Waals surface area (Å²) in [7, 11) is 0. The second kappa shape index (κ2) is 15.7. The number of aliphatic hydroxyl groups is 1. The highest BCUT2D eigenvalue weighted by Crippen LogP contribution is 2.28. The van der Waals surface area contributed by atoms with Crippen LogP contribution >= 0.6 is 11.3 Å². The van der Waals surface area contributed by atoms with Crippen molar-refractivity contribution < 1.29 is 29.0 Å². The average molecular weight is 644 g/mol. The number of hydrogen-bond donors (Lipinski definition) is 4. The summed E-state index contributed by atoms with van der Waals surface area (Å²) in [5.74, 6) is -0.999. The second-order valence-corrected chi connectivity index (χ2v) is 14.5. The molecule has 2 aromatic rings. The number of benzene rings is 1. The Bertz CT molecular complexity index is 1310. The molecule has 0 saturated carbocycles. The summed E-state index contributed by atoms with van der Waals surface area (Å²) in [4.78, 5) is 58.5. The number of amides is 4. The van der Waals surface area contributed by atoms with Gasteiger partial charge in [-0.25, -0.2) is 9.78 Å². The van der Waals surface area contributed by atoms with Crippen molar-refractivity contribution in [3.63, 3.8) is 0 Å². The SMILES string of the molecule is Cc1ncsc1-c1ccc(CNC(=O)C2CC(O)CN2C(=O)C(NC(=O)CCCCCNC(=O)OC(C)(C)C)C(C)(C)C)cc1. The maximum atomic E-state index is 13.8. The predicted octanol–water partition coefficient (Wildman–Crippen LogP) is 4.31. The Morgan fingerprint density at radius 3 is 2.33 bits per heavy atom. The number of aliphatic hydroxyl groups excluding tert-OH is 1. The number of likely N-dealkylation sites (tertiary alicyclic amines) is 1. The summed E-state index contributed by atoms with van der Waals surface area (Å²) in [5.41, 5.74) is 3.57. The van der Waals surface area contributed by atoms with Crippen LogP contribution in [0.5, 0.6) is 0 Å². The normalized spacial score (nSPS) is 17.5. The molecule has 1 aromatic carbocycles. The summed E-state index contributed by atoms with van der Waals surface area (Å²) < 4.78 is 5.21.